The van der Waals surface area contributed by atoms with Crippen molar-refractivity contribution in [1.29, 1.82) is 0 Å². The smallest absolute Gasteiger partial charge is 0.201 e. The minimum atomic E-state index is -0.862. The third kappa shape index (κ3) is 6.92. The highest BCUT2D eigenvalue weighted by atomic mass is 19.2. The van der Waals surface area contributed by atoms with Crippen molar-refractivity contribution in [2.75, 3.05) is 6.61 Å². The van der Waals surface area contributed by atoms with Crippen LogP contribution < -0.4 is 4.74 Å². The Morgan fingerprint density at radius 1 is 0.871 bits per heavy atom. The lowest BCUT2D eigenvalue weighted by molar-refractivity contribution is 0.239. The first-order chi connectivity index (χ1) is 15.1. The summed E-state index contributed by atoms with van der Waals surface area (Å²) < 4.78 is 33.9. The van der Waals surface area contributed by atoms with Crippen LogP contribution in [0, 0.1) is 29.4 Å². The molecule has 0 aliphatic heterocycles. The number of rotatable bonds is 10. The summed E-state index contributed by atoms with van der Waals surface area (Å²) in [6.45, 7) is 4.30. The van der Waals surface area contributed by atoms with Crippen molar-refractivity contribution in [3.63, 3.8) is 0 Å². The monoisotopic (exact) mass is 430 g/mol. The van der Waals surface area contributed by atoms with Crippen LogP contribution in [0.2, 0.25) is 0 Å². The zero-order valence-corrected chi connectivity index (χ0v) is 19.5. The second-order valence-corrected chi connectivity index (χ2v) is 9.46. The molecule has 1 nitrogen and oxygen atoms in total. The summed E-state index contributed by atoms with van der Waals surface area (Å²) in [5.74, 6) is 0.895. The average Bonchev–Trinajstić information content (AvgIpc) is 2.80. The van der Waals surface area contributed by atoms with Gasteiger partial charge in [0, 0.05) is 5.56 Å². The maximum atomic E-state index is 14.5. The number of ether oxygens (including phenoxy) is 1. The van der Waals surface area contributed by atoms with Crippen LogP contribution >= 0.6 is 0 Å². The SMILES string of the molecule is CC/C=C/CCC1CCC(CCC2CC=C(c3ccc(OCC)c(F)c3F)CC2)CC1. The average molecular weight is 431 g/mol. The molecule has 172 valence electrons. The molecule has 1 fully saturated rings. The summed E-state index contributed by atoms with van der Waals surface area (Å²) in [6, 6.07) is 3.23. The molecule has 0 radical (unpaired) electrons. The molecule has 1 saturated carbocycles. The van der Waals surface area contributed by atoms with E-state index >= 15 is 0 Å². The third-order valence-electron chi connectivity index (χ3n) is 7.31. The molecule has 0 heterocycles. The molecule has 2 aliphatic rings. The molecule has 3 heteroatoms. The number of hydrogen-bond acceptors (Lipinski definition) is 1. The molecule has 3 rings (SSSR count). The van der Waals surface area contributed by atoms with Crippen LogP contribution in [-0.4, -0.2) is 6.61 Å². The van der Waals surface area contributed by atoms with Gasteiger partial charge in [-0.25, -0.2) is 4.39 Å². The molecule has 0 N–H and O–H groups in total. The van der Waals surface area contributed by atoms with Gasteiger partial charge < -0.3 is 4.74 Å². The number of benzene rings is 1. The van der Waals surface area contributed by atoms with Gasteiger partial charge in [-0.05, 0) is 87.3 Å². The molecule has 1 unspecified atom stereocenters. The maximum absolute atomic E-state index is 14.5. The Hall–Kier alpha value is -1.64. The summed E-state index contributed by atoms with van der Waals surface area (Å²) in [6.07, 6.45) is 21.7. The van der Waals surface area contributed by atoms with E-state index < -0.39 is 11.6 Å². The quantitative estimate of drug-likeness (QED) is 0.337. The van der Waals surface area contributed by atoms with Crippen LogP contribution in [-0.2, 0) is 0 Å². The standard InChI is InChI=1S/C28H40F2O/c1-3-5-6-7-8-21-9-11-22(12-10-21)13-14-23-15-17-24(18-16-23)25-19-20-26(31-4-2)28(30)27(25)29/h5-6,17,19-23H,3-4,7-16,18H2,1-2H3/b6-5+. The van der Waals surface area contributed by atoms with Gasteiger partial charge in [-0.2, -0.15) is 4.39 Å². The second kappa shape index (κ2) is 12.4. The normalized spacial score (nSPS) is 24.4. The molecule has 0 aromatic heterocycles. The van der Waals surface area contributed by atoms with Gasteiger partial charge in [-0.3, -0.25) is 0 Å². The lowest BCUT2D eigenvalue weighted by atomic mass is 9.76. The first kappa shape index (κ1) is 24.0. The van der Waals surface area contributed by atoms with Crippen molar-refractivity contribution in [1.82, 2.24) is 0 Å². The topological polar surface area (TPSA) is 9.23 Å². The van der Waals surface area contributed by atoms with E-state index in [1.807, 2.05) is 0 Å². The predicted octanol–water partition coefficient (Wildman–Crippen LogP) is 8.88. The van der Waals surface area contributed by atoms with Gasteiger partial charge in [0.05, 0.1) is 6.61 Å². The summed E-state index contributed by atoms with van der Waals surface area (Å²) in [5, 5.41) is 0. The molecular weight excluding hydrogens is 390 g/mol. The van der Waals surface area contributed by atoms with Crippen molar-refractivity contribution >= 4 is 5.57 Å². The second-order valence-electron chi connectivity index (χ2n) is 9.46. The maximum Gasteiger partial charge on any atom is 0.201 e. The van der Waals surface area contributed by atoms with Gasteiger partial charge in [0.25, 0.3) is 0 Å². The van der Waals surface area contributed by atoms with Crippen molar-refractivity contribution < 1.29 is 13.5 Å². The molecule has 0 amide bonds. The van der Waals surface area contributed by atoms with Gasteiger partial charge in [-0.15, -0.1) is 0 Å². The van der Waals surface area contributed by atoms with E-state index in [0.29, 0.717) is 18.1 Å². The molecule has 2 aliphatic carbocycles. The molecule has 1 atom stereocenters. The van der Waals surface area contributed by atoms with Crippen LogP contribution in [0.25, 0.3) is 5.57 Å². The summed E-state index contributed by atoms with van der Waals surface area (Å²) >= 11 is 0. The highest BCUT2D eigenvalue weighted by Crippen LogP contribution is 2.38. The van der Waals surface area contributed by atoms with E-state index in [4.69, 9.17) is 4.74 Å². The van der Waals surface area contributed by atoms with Gasteiger partial charge in [0.1, 0.15) is 0 Å². The van der Waals surface area contributed by atoms with Gasteiger partial charge in [0.2, 0.25) is 5.82 Å². The molecule has 0 spiro atoms. The number of allylic oxidation sites excluding steroid dienone is 4. The minimum Gasteiger partial charge on any atom is -0.491 e. The molecule has 1 aromatic rings. The minimum absolute atomic E-state index is 0.00480. The van der Waals surface area contributed by atoms with Crippen molar-refractivity contribution in [2.24, 2.45) is 17.8 Å². The lowest BCUT2D eigenvalue weighted by Gasteiger charge is -2.30. The number of hydrogen-bond donors (Lipinski definition) is 0. The van der Waals surface area contributed by atoms with Gasteiger partial charge in [0.15, 0.2) is 11.6 Å². The molecule has 31 heavy (non-hydrogen) atoms. The fraction of sp³-hybridized carbons (Fsp3) is 0.643. The van der Waals surface area contributed by atoms with Crippen LogP contribution in [0.3, 0.4) is 0 Å². The third-order valence-corrected chi connectivity index (χ3v) is 7.31. The Morgan fingerprint density at radius 3 is 2.23 bits per heavy atom. The Bertz CT molecular complexity index is 744. The Morgan fingerprint density at radius 2 is 1.58 bits per heavy atom. The fourth-order valence-electron chi connectivity index (χ4n) is 5.34. The number of halogens is 2. The highest BCUT2D eigenvalue weighted by Gasteiger charge is 2.24. The largest absolute Gasteiger partial charge is 0.491 e. The van der Waals surface area contributed by atoms with Crippen LogP contribution in [0.1, 0.15) is 96.5 Å². The Kier molecular flexibility index (Phi) is 9.61. The fourth-order valence-corrected chi connectivity index (χ4v) is 5.34. The van der Waals surface area contributed by atoms with Crippen molar-refractivity contribution in [3.05, 3.63) is 47.6 Å². The molecule has 1 aromatic carbocycles. The van der Waals surface area contributed by atoms with Crippen LogP contribution in [0.4, 0.5) is 8.78 Å². The summed E-state index contributed by atoms with van der Waals surface area (Å²) in [5.41, 5.74) is 1.36. The van der Waals surface area contributed by atoms with Crippen LogP contribution in [0.15, 0.2) is 30.4 Å². The van der Waals surface area contributed by atoms with Crippen LogP contribution in [0.5, 0.6) is 5.75 Å². The van der Waals surface area contributed by atoms with E-state index in [2.05, 4.69) is 25.2 Å². The molecule has 0 saturated heterocycles. The van der Waals surface area contributed by atoms with Gasteiger partial charge >= 0.3 is 0 Å². The summed E-state index contributed by atoms with van der Waals surface area (Å²) in [4.78, 5) is 0. The Labute approximate surface area is 188 Å². The van der Waals surface area contributed by atoms with E-state index in [1.54, 1.807) is 19.1 Å². The zero-order valence-electron chi connectivity index (χ0n) is 19.5. The predicted molar refractivity (Wildman–Crippen MR) is 126 cm³/mol. The first-order valence-electron chi connectivity index (χ1n) is 12.6. The molecular formula is C28H40F2O. The van der Waals surface area contributed by atoms with Crippen molar-refractivity contribution in [3.8, 4) is 5.75 Å². The van der Waals surface area contributed by atoms with E-state index in [-0.39, 0.29) is 5.75 Å². The Balaban J connectivity index is 1.41. The van der Waals surface area contributed by atoms with E-state index in [0.717, 1.165) is 43.1 Å². The highest BCUT2D eigenvalue weighted by molar-refractivity contribution is 5.67. The molecule has 0 bridgehead atoms. The lowest BCUT2D eigenvalue weighted by Crippen LogP contribution is -2.16. The first-order valence-corrected chi connectivity index (χ1v) is 12.6. The van der Waals surface area contributed by atoms with Gasteiger partial charge in [-0.1, -0.05) is 57.3 Å². The van der Waals surface area contributed by atoms with Crippen molar-refractivity contribution in [2.45, 2.75) is 90.9 Å². The summed E-state index contributed by atoms with van der Waals surface area (Å²) in [7, 11) is 0. The van der Waals surface area contributed by atoms with E-state index in [1.165, 1.54) is 51.4 Å². The zero-order chi connectivity index (χ0) is 22.1. The van der Waals surface area contributed by atoms with E-state index in [9.17, 15) is 8.78 Å².